The van der Waals surface area contributed by atoms with Crippen molar-refractivity contribution in [2.45, 2.75) is 25.8 Å². The van der Waals surface area contributed by atoms with Crippen LogP contribution < -0.4 is 5.32 Å². The highest BCUT2D eigenvalue weighted by atomic mass is 35.5. The first-order valence-electron chi connectivity index (χ1n) is 6.58. The second kappa shape index (κ2) is 6.10. The highest BCUT2D eigenvalue weighted by Crippen LogP contribution is 2.23. The number of halogens is 1. The molecule has 2 nitrogen and oxygen atoms in total. The molecular formula is C17H18ClNO. The van der Waals surface area contributed by atoms with E-state index in [2.05, 4.69) is 5.32 Å². The van der Waals surface area contributed by atoms with Crippen LogP contribution in [0.25, 0.3) is 0 Å². The third kappa shape index (κ3) is 3.40. The Morgan fingerprint density at radius 1 is 1.05 bits per heavy atom. The fourth-order valence-electron chi connectivity index (χ4n) is 1.99. The molecule has 0 heterocycles. The van der Waals surface area contributed by atoms with E-state index in [0.29, 0.717) is 11.6 Å². The van der Waals surface area contributed by atoms with E-state index in [4.69, 9.17) is 11.6 Å². The van der Waals surface area contributed by atoms with Crippen LogP contribution in [-0.2, 0) is 16.8 Å². The Labute approximate surface area is 124 Å². The van der Waals surface area contributed by atoms with Crippen molar-refractivity contribution in [3.8, 4) is 0 Å². The van der Waals surface area contributed by atoms with Gasteiger partial charge in [0.1, 0.15) is 0 Å². The summed E-state index contributed by atoms with van der Waals surface area (Å²) in [6.07, 6.45) is 0. The summed E-state index contributed by atoms with van der Waals surface area (Å²) >= 11 is 5.84. The number of carbonyl (C=O) groups excluding carboxylic acids is 1. The van der Waals surface area contributed by atoms with Gasteiger partial charge in [0.25, 0.3) is 0 Å². The lowest BCUT2D eigenvalue weighted by molar-refractivity contribution is -0.125. The third-order valence-corrected chi connectivity index (χ3v) is 3.68. The maximum absolute atomic E-state index is 12.4. The Balaban J connectivity index is 2.03. The van der Waals surface area contributed by atoms with Crippen LogP contribution in [-0.4, -0.2) is 5.91 Å². The van der Waals surface area contributed by atoms with Crippen LogP contribution in [0.1, 0.15) is 25.0 Å². The summed E-state index contributed by atoms with van der Waals surface area (Å²) in [6, 6.07) is 17.3. The number of nitrogens with one attached hydrogen (secondary N) is 1. The molecule has 1 amide bonds. The summed E-state index contributed by atoms with van der Waals surface area (Å²) < 4.78 is 0. The SMILES string of the molecule is CC(C)(C(=O)NCc1ccc(Cl)cc1)c1ccccc1. The summed E-state index contributed by atoms with van der Waals surface area (Å²) in [5, 5.41) is 3.67. The highest BCUT2D eigenvalue weighted by molar-refractivity contribution is 6.30. The van der Waals surface area contributed by atoms with Gasteiger partial charge in [-0.25, -0.2) is 0 Å². The average Bonchev–Trinajstić information content (AvgIpc) is 2.47. The van der Waals surface area contributed by atoms with Gasteiger partial charge >= 0.3 is 0 Å². The maximum Gasteiger partial charge on any atom is 0.230 e. The molecule has 2 aromatic rings. The molecule has 3 heteroatoms. The van der Waals surface area contributed by atoms with Crippen molar-refractivity contribution in [3.63, 3.8) is 0 Å². The van der Waals surface area contributed by atoms with Gasteiger partial charge in [-0.05, 0) is 37.1 Å². The number of hydrogen-bond acceptors (Lipinski definition) is 1. The molecule has 0 saturated carbocycles. The van der Waals surface area contributed by atoms with Crippen LogP contribution >= 0.6 is 11.6 Å². The molecule has 0 fully saturated rings. The van der Waals surface area contributed by atoms with Crippen molar-refractivity contribution in [3.05, 3.63) is 70.7 Å². The molecule has 2 aromatic carbocycles. The molecular weight excluding hydrogens is 270 g/mol. The highest BCUT2D eigenvalue weighted by Gasteiger charge is 2.29. The summed E-state index contributed by atoms with van der Waals surface area (Å²) in [5.74, 6) is 0.0126. The lowest BCUT2D eigenvalue weighted by Crippen LogP contribution is -2.39. The predicted octanol–water partition coefficient (Wildman–Crippen LogP) is 3.93. The van der Waals surface area contributed by atoms with Gasteiger partial charge in [0.2, 0.25) is 5.91 Å². The molecule has 0 aromatic heterocycles. The van der Waals surface area contributed by atoms with Gasteiger partial charge in [-0.15, -0.1) is 0 Å². The standard InChI is InChI=1S/C17H18ClNO/c1-17(2,14-6-4-3-5-7-14)16(20)19-12-13-8-10-15(18)11-9-13/h3-11H,12H2,1-2H3,(H,19,20). The molecule has 0 bridgehead atoms. The summed E-state index contributed by atoms with van der Waals surface area (Å²) in [4.78, 5) is 12.4. The third-order valence-electron chi connectivity index (χ3n) is 3.43. The molecule has 0 saturated heterocycles. The van der Waals surface area contributed by atoms with Crippen molar-refractivity contribution in [2.75, 3.05) is 0 Å². The Bertz CT molecular complexity index is 576. The number of carbonyl (C=O) groups is 1. The monoisotopic (exact) mass is 287 g/mol. The van der Waals surface area contributed by atoms with Crippen molar-refractivity contribution in [1.82, 2.24) is 5.32 Å². The summed E-state index contributed by atoms with van der Waals surface area (Å²) in [5.41, 5.74) is 1.49. The van der Waals surface area contributed by atoms with Crippen LogP contribution in [0.4, 0.5) is 0 Å². The minimum Gasteiger partial charge on any atom is -0.351 e. The average molecular weight is 288 g/mol. The lowest BCUT2D eigenvalue weighted by atomic mass is 9.84. The van der Waals surface area contributed by atoms with Gasteiger partial charge in [-0.2, -0.15) is 0 Å². The van der Waals surface area contributed by atoms with E-state index in [1.807, 2.05) is 68.4 Å². The molecule has 104 valence electrons. The second-order valence-electron chi connectivity index (χ2n) is 5.30. The van der Waals surface area contributed by atoms with Gasteiger partial charge in [0.15, 0.2) is 0 Å². The van der Waals surface area contributed by atoms with E-state index >= 15 is 0 Å². The topological polar surface area (TPSA) is 29.1 Å². The summed E-state index contributed by atoms with van der Waals surface area (Å²) in [7, 11) is 0. The van der Waals surface area contributed by atoms with Gasteiger partial charge in [-0.1, -0.05) is 54.1 Å². The van der Waals surface area contributed by atoms with Crippen LogP contribution in [0, 0.1) is 0 Å². The number of amides is 1. The van der Waals surface area contributed by atoms with E-state index in [1.165, 1.54) is 0 Å². The molecule has 0 aliphatic rings. The van der Waals surface area contributed by atoms with Crippen molar-refractivity contribution < 1.29 is 4.79 Å². The normalized spacial score (nSPS) is 11.2. The smallest absolute Gasteiger partial charge is 0.230 e. The Morgan fingerprint density at radius 3 is 2.25 bits per heavy atom. The molecule has 0 radical (unpaired) electrons. The lowest BCUT2D eigenvalue weighted by Gasteiger charge is -2.24. The first-order chi connectivity index (χ1) is 9.50. The van der Waals surface area contributed by atoms with Gasteiger partial charge in [-0.3, -0.25) is 4.79 Å². The van der Waals surface area contributed by atoms with Crippen molar-refractivity contribution in [1.29, 1.82) is 0 Å². The van der Waals surface area contributed by atoms with E-state index in [9.17, 15) is 4.79 Å². The summed E-state index contributed by atoms with van der Waals surface area (Å²) in [6.45, 7) is 4.37. The zero-order valence-corrected chi connectivity index (χ0v) is 12.4. The van der Waals surface area contributed by atoms with E-state index < -0.39 is 5.41 Å². The molecule has 0 unspecified atom stereocenters. The molecule has 2 rings (SSSR count). The first-order valence-corrected chi connectivity index (χ1v) is 6.96. The molecule has 0 aliphatic heterocycles. The Kier molecular flexibility index (Phi) is 4.46. The molecule has 0 aliphatic carbocycles. The second-order valence-corrected chi connectivity index (χ2v) is 5.74. The fraction of sp³-hybridized carbons (Fsp3) is 0.235. The van der Waals surface area contributed by atoms with Gasteiger partial charge in [0, 0.05) is 11.6 Å². The van der Waals surface area contributed by atoms with Crippen molar-refractivity contribution >= 4 is 17.5 Å². The Hall–Kier alpha value is -1.80. The quantitative estimate of drug-likeness (QED) is 0.907. The zero-order valence-electron chi connectivity index (χ0n) is 11.7. The number of benzene rings is 2. The van der Waals surface area contributed by atoms with E-state index in [1.54, 1.807) is 0 Å². The van der Waals surface area contributed by atoms with Crippen LogP contribution in [0.15, 0.2) is 54.6 Å². The van der Waals surface area contributed by atoms with Crippen LogP contribution in [0.3, 0.4) is 0 Å². The minimum atomic E-state index is -0.548. The van der Waals surface area contributed by atoms with Crippen LogP contribution in [0.5, 0.6) is 0 Å². The van der Waals surface area contributed by atoms with Gasteiger partial charge < -0.3 is 5.32 Å². The van der Waals surface area contributed by atoms with Crippen molar-refractivity contribution in [2.24, 2.45) is 0 Å². The molecule has 0 atom stereocenters. The first kappa shape index (κ1) is 14.6. The predicted molar refractivity (Wildman–Crippen MR) is 82.8 cm³/mol. The number of hydrogen-bond donors (Lipinski definition) is 1. The maximum atomic E-state index is 12.4. The zero-order chi connectivity index (χ0) is 14.6. The van der Waals surface area contributed by atoms with Crippen LogP contribution in [0.2, 0.25) is 5.02 Å². The molecule has 1 N–H and O–H groups in total. The number of rotatable bonds is 4. The van der Waals surface area contributed by atoms with E-state index in [-0.39, 0.29) is 5.91 Å². The Morgan fingerprint density at radius 2 is 1.65 bits per heavy atom. The van der Waals surface area contributed by atoms with Gasteiger partial charge in [0.05, 0.1) is 5.41 Å². The fourth-order valence-corrected chi connectivity index (χ4v) is 2.12. The molecule has 20 heavy (non-hydrogen) atoms. The van der Waals surface area contributed by atoms with E-state index in [0.717, 1.165) is 11.1 Å². The minimum absolute atomic E-state index is 0.0126. The largest absolute Gasteiger partial charge is 0.351 e. The molecule has 0 spiro atoms.